The summed E-state index contributed by atoms with van der Waals surface area (Å²) < 4.78 is 32.9. The van der Waals surface area contributed by atoms with E-state index < -0.39 is 10.0 Å². The molecule has 0 saturated carbocycles. The molecule has 1 fully saturated rings. The van der Waals surface area contributed by atoms with Gasteiger partial charge in [-0.3, -0.25) is 4.79 Å². The molecule has 1 aliphatic heterocycles. The number of hydrogen-bond donors (Lipinski definition) is 1. The van der Waals surface area contributed by atoms with Crippen molar-refractivity contribution in [2.24, 2.45) is 0 Å². The van der Waals surface area contributed by atoms with E-state index >= 15 is 0 Å². The molecular formula is C22H28N2O4S. The van der Waals surface area contributed by atoms with Gasteiger partial charge in [0.25, 0.3) is 5.91 Å². The van der Waals surface area contributed by atoms with Gasteiger partial charge in [0.05, 0.1) is 10.9 Å². The maximum atomic E-state index is 12.8. The second-order valence-electron chi connectivity index (χ2n) is 7.54. The number of aryl methyl sites for hydroxylation is 2. The molecule has 1 atom stereocenters. The van der Waals surface area contributed by atoms with Crippen LogP contribution in [0.5, 0.6) is 5.75 Å². The first kappa shape index (κ1) is 21.3. The molecule has 0 spiro atoms. The van der Waals surface area contributed by atoms with E-state index in [1.807, 2.05) is 38.1 Å². The predicted octanol–water partition coefficient (Wildman–Crippen LogP) is 3.29. The molecule has 0 unspecified atom stereocenters. The summed E-state index contributed by atoms with van der Waals surface area (Å²) >= 11 is 0. The zero-order chi connectivity index (χ0) is 21.0. The average molecular weight is 417 g/mol. The van der Waals surface area contributed by atoms with Crippen LogP contribution in [0.2, 0.25) is 0 Å². The lowest BCUT2D eigenvalue weighted by Gasteiger charge is -2.19. The summed E-state index contributed by atoms with van der Waals surface area (Å²) in [7, 11) is -3.56. The monoisotopic (exact) mass is 416 g/mol. The van der Waals surface area contributed by atoms with Crippen molar-refractivity contribution in [3.63, 3.8) is 0 Å². The van der Waals surface area contributed by atoms with Gasteiger partial charge in [0.2, 0.25) is 10.0 Å². The van der Waals surface area contributed by atoms with Gasteiger partial charge in [-0.05, 0) is 62.9 Å². The number of amides is 1. The predicted molar refractivity (Wildman–Crippen MR) is 113 cm³/mol. The Balaban J connectivity index is 1.69. The van der Waals surface area contributed by atoms with Crippen LogP contribution >= 0.6 is 0 Å². The molecule has 1 heterocycles. The van der Waals surface area contributed by atoms with Crippen LogP contribution in [0.1, 0.15) is 41.3 Å². The van der Waals surface area contributed by atoms with Crippen molar-refractivity contribution in [2.75, 3.05) is 19.7 Å². The van der Waals surface area contributed by atoms with Gasteiger partial charge in [-0.15, -0.1) is 0 Å². The minimum atomic E-state index is -3.56. The largest absolute Gasteiger partial charge is 0.491 e. The quantitative estimate of drug-likeness (QED) is 0.752. The van der Waals surface area contributed by atoms with E-state index in [0.29, 0.717) is 25.3 Å². The number of ether oxygens (including phenoxy) is 1. The fourth-order valence-corrected chi connectivity index (χ4v) is 4.90. The highest BCUT2D eigenvalue weighted by Gasteiger charge is 2.28. The zero-order valence-corrected chi connectivity index (χ0v) is 18.0. The van der Waals surface area contributed by atoms with E-state index in [2.05, 4.69) is 5.32 Å². The summed E-state index contributed by atoms with van der Waals surface area (Å²) in [4.78, 5) is 12.9. The second kappa shape index (κ2) is 8.97. The van der Waals surface area contributed by atoms with Crippen LogP contribution in [0.15, 0.2) is 47.4 Å². The summed E-state index contributed by atoms with van der Waals surface area (Å²) in [6, 6.07) is 12.2. The third-order valence-electron chi connectivity index (χ3n) is 5.12. The maximum Gasteiger partial charge on any atom is 0.251 e. The standard InChI is InChI=1S/C22H28N2O4S/c1-16-10-11-19(29(26,27)24-12-6-7-13-24)14-20(16)22(25)23-18(3)15-28-21-9-5-4-8-17(21)2/h4-5,8-11,14,18H,6-7,12-13,15H2,1-3H3,(H,23,25)/t18-/m0/s1. The molecule has 0 bridgehead atoms. The van der Waals surface area contributed by atoms with Crippen molar-refractivity contribution in [3.05, 3.63) is 59.2 Å². The normalized spacial score (nSPS) is 15.8. The van der Waals surface area contributed by atoms with Gasteiger partial charge >= 0.3 is 0 Å². The Kier molecular flexibility index (Phi) is 6.59. The van der Waals surface area contributed by atoms with Crippen molar-refractivity contribution >= 4 is 15.9 Å². The molecule has 2 aromatic carbocycles. The Hall–Kier alpha value is -2.38. The van der Waals surface area contributed by atoms with Crippen LogP contribution in [0.25, 0.3) is 0 Å². The van der Waals surface area contributed by atoms with Gasteiger partial charge in [-0.25, -0.2) is 8.42 Å². The molecule has 1 amide bonds. The summed E-state index contributed by atoms with van der Waals surface area (Å²) in [5.41, 5.74) is 2.13. The third kappa shape index (κ3) is 4.97. The third-order valence-corrected chi connectivity index (χ3v) is 7.01. The van der Waals surface area contributed by atoms with E-state index in [-0.39, 0.29) is 16.8 Å². The molecule has 0 radical (unpaired) electrons. The number of nitrogens with zero attached hydrogens (tertiary/aromatic N) is 1. The van der Waals surface area contributed by atoms with E-state index in [1.165, 1.54) is 10.4 Å². The number of nitrogens with one attached hydrogen (secondary N) is 1. The number of rotatable bonds is 7. The first-order valence-corrected chi connectivity index (χ1v) is 11.3. The number of carbonyl (C=O) groups is 1. The SMILES string of the molecule is Cc1ccccc1OC[C@H](C)NC(=O)c1cc(S(=O)(=O)N2CCCC2)ccc1C. The van der Waals surface area contributed by atoms with E-state index in [1.54, 1.807) is 19.1 Å². The van der Waals surface area contributed by atoms with Gasteiger partial charge < -0.3 is 10.1 Å². The topological polar surface area (TPSA) is 75.7 Å². The zero-order valence-electron chi connectivity index (χ0n) is 17.1. The minimum Gasteiger partial charge on any atom is -0.491 e. The van der Waals surface area contributed by atoms with Crippen LogP contribution in [0, 0.1) is 13.8 Å². The number of hydrogen-bond acceptors (Lipinski definition) is 4. The highest BCUT2D eigenvalue weighted by atomic mass is 32.2. The maximum absolute atomic E-state index is 12.8. The molecule has 2 aromatic rings. The van der Waals surface area contributed by atoms with Gasteiger partial charge in [0, 0.05) is 18.7 Å². The number of carbonyl (C=O) groups excluding carboxylic acids is 1. The van der Waals surface area contributed by atoms with Gasteiger partial charge in [0.15, 0.2) is 0 Å². The highest BCUT2D eigenvalue weighted by Crippen LogP contribution is 2.23. The Morgan fingerprint density at radius 2 is 1.79 bits per heavy atom. The van der Waals surface area contributed by atoms with Crippen LogP contribution in [-0.2, 0) is 10.0 Å². The Labute approximate surface area is 172 Å². The average Bonchev–Trinajstić information content (AvgIpc) is 3.23. The molecule has 0 aliphatic carbocycles. The van der Waals surface area contributed by atoms with Crippen molar-refractivity contribution < 1.29 is 17.9 Å². The molecule has 6 nitrogen and oxygen atoms in total. The lowest BCUT2D eigenvalue weighted by molar-refractivity contribution is 0.0925. The number of sulfonamides is 1. The minimum absolute atomic E-state index is 0.166. The Morgan fingerprint density at radius 3 is 2.48 bits per heavy atom. The van der Waals surface area contributed by atoms with E-state index in [9.17, 15) is 13.2 Å². The van der Waals surface area contributed by atoms with Crippen molar-refractivity contribution in [2.45, 2.75) is 44.6 Å². The smallest absolute Gasteiger partial charge is 0.251 e. The Bertz CT molecular complexity index is 982. The van der Waals surface area contributed by atoms with Crippen molar-refractivity contribution in [1.29, 1.82) is 0 Å². The van der Waals surface area contributed by atoms with E-state index in [4.69, 9.17) is 4.74 Å². The Morgan fingerprint density at radius 1 is 1.10 bits per heavy atom. The molecule has 1 aliphatic rings. The lowest BCUT2D eigenvalue weighted by Crippen LogP contribution is -2.37. The summed E-state index contributed by atoms with van der Waals surface area (Å²) in [6.45, 7) is 7.01. The van der Waals surface area contributed by atoms with Crippen LogP contribution < -0.4 is 10.1 Å². The van der Waals surface area contributed by atoms with E-state index in [0.717, 1.165) is 29.7 Å². The highest BCUT2D eigenvalue weighted by molar-refractivity contribution is 7.89. The number of para-hydroxylation sites is 1. The van der Waals surface area contributed by atoms with Crippen molar-refractivity contribution in [1.82, 2.24) is 9.62 Å². The van der Waals surface area contributed by atoms with Crippen LogP contribution in [0.3, 0.4) is 0 Å². The molecule has 7 heteroatoms. The lowest BCUT2D eigenvalue weighted by atomic mass is 10.1. The van der Waals surface area contributed by atoms with Crippen molar-refractivity contribution in [3.8, 4) is 5.75 Å². The molecular weight excluding hydrogens is 388 g/mol. The molecule has 156 valence electrons. The molecule has 1 N–H and O–H groups in total. The van der Waals surface area contributed by atoms with Crippen LogP contribution in [0.4, 0.5) is 0 Å². The van der Waals surface area contributed by atoms with Crippen LogP contribution in [-0.4, -0.2) is 44.4 Å². The first-order valence-electron chi connectivity index (χ1n) is 9.89. The molecule has 0 aromatic heterocycles. The molecule has 3 rings (SSSR count). The molecule has 29 heavy (non-hydrogen) atoms. The summed E-state index contributed by atoms with van der Waals surface area (Å²) in [5, 5.41) is 2.90. The van der Waals surface area contributed by atoms with Gasteiger partial charge in [-0.1, -0.05) is 24.3 Å². The summed E-state index contributed by atoms with van der Waals surface area (Å²) in [5.74, 6) is 0.477. The van der Waals surface area contributed by atoms with Gasteiger partial charge in [-0.2, -0.15) is 4.31 Å². The first-order chi connectivity index (χ1) is 13.8. The number of benzene rings is 2. The fourth-order valence-electron chi connectivity index (χ4n) is 3.36. The second-order valence-corrected chi connectivity index (χ2v) is 9.48. The summed E-state index contributed by atoms with van der Waals surface area (Å²) in [6.07, 6.45) is 1.74. The van der Waals surface area contributed by atoms with Gasteiger partial charge in [0.1, 0.15) is 12.4 Å². The molecule has 1 saturated heterocycles. The fraction of sp³-hybridized carbons (Fsp3) is 0.409.